The van der Waals surface area contributed by atoms with Crippen molar-refractivity contribution in [3.8, 4) is 22.5 Å². The van der Waals surface area contributed by atoms with Crippen molar-refractivity contribution in [2.45, 2.75) is 84.7 Å². The maximum Gasteiger partial charge on any atom is 0.453 e. The van der Waals surface area contributed by atoms with Crippen LogP contribution in [-0.2, 0) is 35.3 Å². The molecule has 0 aliphatic rings. The highest BCUT2D eigenvalue weighted by atomic mass is 17.1. The minimum Gasteiger partial charge on any atom is -0.464 e. The fourth-order valence-corrected chi connectivity index (χ4v) is 5.24. The van der Waals surface area contributed by atoms with Gasteiger partial charge in [0.05, 0.1) is 37.2 Å². The van der Waals surface area contributed by atoms with Gasteiger partial charge in [0.15, 0.2) is 0 Å². The van der Waals surface area contributed by atoms with E-state index in [1.165, 1.54) is 0 Å². The van der Waals surface area contributed by atoms with Gasteiger partial charge in [-0.1, -0.05) is 80.5 Å². The maximum atomic E-state index is 13.5. The number of nitrogens with zero attached hydrogens (tertiary/aromatic N) is 7. The number of aromatic nitrogens is 4. The van der Waals surface area contributed by atoms with Crippen LogP contribution in [0.1, 0.15) is 77.7 Å². The number of unbranched alkanes of at least 4 members (excludes halogenated alkanes) is 4. The summed E-state index contributed by atoms with van der Waals surface area (Å²) in [6, 6.07) is 14.1. The van der Waals surface area contributed by atoms with E-state index in [2.05, 4.69) is 25.1 Å². The minimum absolute atomic E-state index is 0.0320. The Bertz CT molecular complexity index is 1520. The van der Waals surface area contributed by atoms with Crippen LogP contribution in [0.5, 0.6) is 0 Å². The lowest BCUT2D eigenvalue weighted by Crippen LogP contribution is -2.48. The van der Waals surface area contributed by atoms with E-state index in [-0.39, 0.29) is 61.4 Å². The fourth-order valence-electron chi connectivity index (χ4n) is 5.24. The Hall–Kier alpha value is -4.40. The number of carbonyl (C=O) groups excluding carboxylic acids is 3. The number of ether oxygens (including phenoxy) is 2. The molecule has 3 aromatic rings. The topological polar surface area (TPSA) is 222 Å². The predicted molar refractivity (Wildman–Crippen MR) is 181 cm³/mol. The van der Waals surface area contributed by atoms with Crippen molar-refractivity contribution in [3.05, 3.63) is 54.1 Å². The minimum atomic E-state index is -0.813. The highest BCUT2D eigenvalue weighted by molar-refractivity contribution is 5.85. The molecule has 0 saturated carbocycles. The van der Waals surface area contributed by atoms with Crippen LogP contribution in [0.15, 0.2) is 48.5 Å². The van der Waals surface area contributed by atoms with E-state index in [0.717, 1.165) is 27.9 Å². The van der Waals surface area contributed by atoms with Gasteiger partial charge in [-0.05, 0) is 66.3 Å². The lowest BCUT2D eigenvalue weighted by atomic mass is 9.97. The van der Waals surface area contributed by atoms with E-state index in [9.17, 15) is 14.4 Å². The number of benzene rings is 2. The summed E-state index contributed by atoms with van der Waals surface area (Å²) in [5.41, 5.74) is 3.05. The summed E-state index contributed by atoms with van der Waals surface area (Å²) in [6.45, 7) is 6.24. The Morgan fingerprint density at radius 1 is 0.769 bits per heavy atom. The quantitative estimate of drug-likeness (QED) is 0.0569. The lowest BCUT2D eigenvalue weighted by Gasteiger charge is -2.33. The monoisotopic (exact) mass is 731 g/mol. The molecule has 0 fully saturated rings. The molecule has 0 spiro atoms. The maximum absolute atomic E-state index is 13.5. The summed E-state index contributed by atoms with van der Waals surface area (Å²) in [5.74, 6) is -0.666. The van der Waals surface area contributed by atoms with E-state index in [0.29, 0.717) is 50.5 Å². The first-order chi connectivity index (χ1) is 25.0. The fraction of sp³-hybridized carbons (Fsp3) is 0.529. The average molecular weight is 732 g/mol. The summed E-state index contributed by atoms with van der Waals surface area (Å²) in [7, 11) is 0. The van der Waals surface area contributed by atoms with Gasteiger partial charge in [-0.25, -0.2) is 9.59 Å². The largest absolute Gasteiger partial charge is 0.464 e. The molecule has 0 saturated heterocycles. The van der Waals surface area contributed by atoms with Crippen LogP contribution in [0.4, 0.5) is 4.79 Å². The Kier molecular flexibility index (Phi) is 18.2. The number of hydrogen-bond donors (Lipinski definition) is 4. The van der Waals surface area contributed by atoms with Gasteiger partial charge >= 0.3 is 12.1 Å². The van der Waals surface area contributed by atoms with E-state index in [1.54, 1.807) is 4.90 Å². The second-order valence-electron chi connectivity index (χ2n) is 12.2. The second kappa shape index (κ2) is 22.5. The number of hydrogen-bond acceptors (Lipinski definition) is 16. The molecule has 2 aromatic carbocycles. The third kappa shape index (κ3) is 14.0. The normalized spacial score (nSPS) is 12.0. The molecule has 1 amide bonds. The Labute approximate surface area is 301 Å². The van der Waals surface area contributed by atoms with E-state index in [4.69, 9.17) is 30.3 Å². The smallest absolute Gasteiger partial charge is 0.453 e. The SMILES string of the molecule is CCCCC(=O)N(Cc1ccc(-c2ccccc2-c2nnn(C(=O)OCCCCCON(O)O)n2)cc1)[C@H](C(=O)OCCCCON(O)O)C(C)C. The Morgan fingerprint density at radius 3 is 2.00 bits per heavy atom. The number of tetrazole rings is 1. The zero-order chi connectivity index (χ0) is 37.9. The molecular weight excluding hydrogens is 682 g/mol. The average Bonchev–Trinajstić information content (AvgIpc) is 3.62. The molecule has 18 heteroatoms. The van der Waals surface area contributed by atoms with Crippen molar-refractivity contribution in [2.24, 2.45) is 5.92 Å². The van der Waals surface area contributed by atoms with Crippen LogP contribution in [0.2, 0.25) is 0 Å². The van der Waals surface area contributed by atoms with Gasteiger partial charge in [-0.3, -0.25) is 35.3 Å². The molecular formula is C34H49N7O11. The first kappa shape index (κ1) is 42.0. The number of carbonyl (C=O) groups is 3. The van der Waals surface area contributed by atoms with Gasteiger partial charge in [0.25, 0.3) is 0 Å². The summed E-state index contributed by atoms with van der Waals surface area (Å²) in [4.78, 5) is 50.6. The Balaban J connectivity index is 1.70. The van der Waals surface area contributed by atoms with Gasteiger partial charge in [0.1, 0.15) is 6.04 Å². The molecule has 0 radical (unpaired) electrons. The summed E-state index contributed by atoms with van der Waals surface area (Å²) < 4.78 is 10.8. The first-order valence-corrected chi connectivity index (χ1v) is 17.2. The molecule has 1 heterocycles. The Morgan fingerprint density at radius 2 is 1.37 bits per heavy atom. The molecule has 3 rings (SSSR count). The van der Waals surface area contributed by atoms with Crippen molar-refractivity contribution in [1.82, 2.24) is 35.9 Å². The van der Waals surface area contributed by atoms with Gasteiger partial charge in [0, 0.05) is 18.5 Å². The van der Waals surface area contributed by atoms with Gasteiger partial charge < -0.3 is 14.4 Å². The molecule has 1 aromatic heterocycles. The summed E-state index contributed by atoms with van der Waals surface area (Å²) in [5, 5.41) is 45.8. The number of esters is 1. The molecule has 286 valence electrons. The van der Waals surface area contributed by atoms with E-state index >= 15 is 0 Å². The van der Waals surface area contributed by atoms with Crippen LogP contribution in [0, 0.1) is 5.92 Å². The molecule has 0 aliphatic heterocycles. The molecule has 52 heavy (non-hydrogen) atoms. The van der Waals surface area contributed by atoms with E-state index < -0.39 is 18.1 Å². The zero-order valence-electron chi connectivity index (χ0n) is 29.7. The van der Waals surface area contributed by atoms with Crippen LogP contribution >= 0.6 is 0 Å². The molecule has 18 nitrogen and oxygen atoms in total. The standard InChI is InChI=1S/C34H49N7O11/c1-4-5-15-30(42)38(31(25(2)3)33(43)49-20-11-12-23-52-41(47)48)24-26-16-18-27(19-17-26)28-13-7-8-14-29(28)32-35-37-39(36-32)34(44)50-21-9-6-10-22-51-40(45)46/h7-8,13-14,16-19,25,31,45-48H,4-6,9-12,15,20-24H2,1-3H3/t31-/m0/s1. The predicted octanol–water partition coefficient (Wildman–Crippen LogP) is 5.05. The number of rotatable bonds is 23. The second-order valence-corrected chi connectivity index (χ2v) is 12.2. The third-order valence-corrected chi connectivity index (χ3v) is 7.85. The van der Waals surface area contributed by atoms with Crippen LogP contribution in [-0.4, -0.2) is 107 Å². The van der Waals surface area contributed by atoms with Crippen molar-refractivity contribution < 1.29 is 54.4 Å². The van der Waals surface area contributed by atoms with Crippen molar-refractivity contribution >= 4 is 18.0 Å². The summed E-state index contributed by atoms with van der Waals surface area (Å²) in [6.07, 6.45) is 3.53. The zero-order valence-corrected chi connectivity index (χ0v) is 29.7. The van der Waals surface area contributed by atoms with Crippen molar-refractivity contribution in [1.29, 1.82) is 0 Å². The van der Waals surface area contributed by atoms with E-state index in [1.807, 2.05) is 69.3 Å². The highest BCUT2D eigenvalue weighted by Gasteiger charge is 2.33. The molecule has 0 unspecified atom stereocenters. The number of amides is 1. The van der Waals surface area contributed by atoms with Gasteiger partial charge in [-0.15, -0.1) is 10.2 Å². The summed E-state index contributed by atoms with van der Waals surface area (Å²) >= 11 is 0. The molecule has 4 N–H and O–H groups in total. The van der Waals surface area contributed by atoms with Gasteiger partial charge in [-0.2, -0.15) is 0 Å². The van der Waals surface area contributed by atoms with Crippen LogP contribution < -0.4 is 0 Å². The van der Waals surface area contributed by atoms with Crippen molar-refractivity contribution in [2.75, 3.05) is 26.4 Å². The molecule has 0 aliphatic carbocycles. The lowest BCUT2D eigenvalue weighted by molar-refractivity contribution is -0.492. The van der Waals surface area contributed by atoms with Crippen LogP contribution in [0.25, 0.3) is 22.5 Å². The third-order valence-electron chi connectivity index (χ3n) is 7.85. The van der Waals surface area contributed by atoms with Crippen molar-refractivity contribution in [3.63, 3.8) is 0 Å². The first-order valence-electron chi connectivity index (χ1n) is 17.2. The van der Waals surface area contributed by atoms with Crippen LogP contribution in [0.3, 0.4) is 0 Å². The molecule has 1 atom stereocenters. The molecule has 0 bridgehead atoms. The highest BCUT2D eigenvalue weighted by Crippen LogP contribution is 2.30. The van der Waals surface area contributed by atoms with Gasteiger partial charge in [0.2, 0.25) is 11.7 Å².